The average Bonchev–Trinajstić information content (AvgIpc) is 3.08. The van der Waals surface area contributed by atoms with Gasteiger partial charge in [0.2, 0.25) is 0 Å². The summed E-state index contributed by atoms with van der Waals surface area (Å²) in [4.78, 5) is 13.2. The first kappa shape index (κ1) is 31.1. The molecule has 4 rings (SSSR count). The van der Waals surface area contributed by atoms with Crippen molar-refractivity contribution in [2.24, 2.45) is 11.3 Å². The predicted octanol–water partition coefficient (Wildman–Crippen LogP) is 5.38. The lowest BCUT2D eigenvalue weighted by Crippen LogP contribution is -2.33. The van der Waals surface area contributed by atoms with E-state index in [2.05, 4.69) is 0 Å². The van der Waals surface area contributed by atoms with Gasteiger partial charge in [0.25, 0.3) is 0 Å². The van der Waals surface area contributed by atoms with E-state index in [1.165, 1.54) is 5.01 Å². The minimum Gasteiger partial charge on any atom is -0.491 e. The minimum atomic E-state index is -1.39. The molecule has 1 heterocycles. The highest BCUT2D eigenvalue weighted by Gasteiger charge is 2.40. The van der Waals surface area contributed by atoms with Crippen LogP contribution in [0.15, 0.2) is 59.5 Å². The zero-order chi connectivity index (χ0) is 29.8. The number of fused-ring (bicyclic) bond motifs is 1. The number of carbonyl (C=O) groups is 1. The molecule has 40 heavy (non-hydrogen) atoms. The zero-order valence-electron chi connectivity index (χ0n) is 24.5. The molecule has 3 aromatic carbocycles. The lowest BCUT2D eigenvalue weighted by molar-refractivity contribution is -0.147. The molecule has 0 amide bonds. The van der Waals surface area contributed by atoms with Gasteiger partial charge in [0, 0.05) is 26.1 Å². The summed E-state index contributed by atoms with van der Waals surface area (Å²) >= 11 is 0. The predicted molar refractivity (Wildman–Crippen MR) is 163 cm³/mol. The van der Waals surface area contributed by atoms with Gasteiger partial charge >= 0.3 is 5.97 Å². The van der Waals surface area contributed by atoms with Crippen LogP contribution < -0.4 is 21.3 Å². The van der Waals surface area contributed by atoms with Crippen LogP contribution in [0.25, 0.3) is 0 Å². The van der Waals surface area contributed by atoms with Gasteiger partial charge in [-0.25, -0.2) is 14.4 Å². The molecule has 0 saturated heterocycles. The van der Waals surface area contributed by atoms with Crippen LogP contribution >= 0.6 is 0 Å². The van der Waals surface area contributed by atoms with E-state index >= 15 is 0 Å². The summed E-state index contributed by atoms with van der Waals surface area (Å²) in [6.07, 6.45) is 0. The van der Waals surface area contributed by atoms with Crippen LogP contribution in [0.1, 0.15) is 61.4 Å². The van der Waals surface area contributed by atoms with Crippen molar-refractivity contribution in [3.8, 4) is 5.75 Å². The van der Waals surface area contributed by atoms with Gasteiger partial charge in [-0.3, -0.25) is 4.79 Å². The fraction of sp³-hybridized carbons (Fsp3) is 0.387. The second-order valence-electron chi connectivity index (χ2n) is 10.4. The number of nitrogens with zero attached hydrogens (tertiary/aromatic N) is 2. The largest absolute Gasteiger partial charge is 0.491 e. The maximum Gasteiger partial charge on any atom is 0.310 e. The molecule has 0 aliphatic carbocycles. The third-order valence-corrected chi connectivity index (χ3v) is 8.92. The topological polar surface area (TPSA) is 122 Å². The van der Waals surface area contributed by atoms with Gasteiger partial charge in [0.1, 0.15) is 23.3 Å². The number of hydrazine groups is 1. The molecular formula is C31H42N4O4S. The number of nitrogens with two attached hydrogens (primary N) is 2. The summed E-state index contributed by atoms with van der Waals surface area (Å²) in [7, 11) is 0.325. The minimum absolute atomic E-state index is 0.427. The van der Waals surface area contributed by atoms with Crippen LogP contribution in [0, 0.1) is 19.3 Å². The van der Waals surface area contributed by atoms with E-state index in [1.54, 1.807) is 20.9 Å². The van der Waals surface area contributed by atoms with Gasteiger partial charge in [-0.1, -0.05) is 50.2 Å². The zero-order valence-corrected chi connectivity index (χ0v) is 25.3. The van der Waals surface area contributed by atoms with Gasteiger partial charge in [0.15, 0.2) is 0 Å². The van der Waals surface area contributed by atoms with Crippen LogP contribution in [-0.4, -0.2) is 39.8 Å². The number of ether oxygens (including phenoxy) is 1. The summed E-state index contributed by atoms with van der Waals surface area (Å²) in [5, 5.41) is 11.7. The number of carboxylic acids is 1. The van der Waals surface area contributed by atoms with Crippen LogP contribution in [-0.2, 0) is 22.3 Å². The molecule has 8 nitrogen and oxygen atoms in total. The number of para-hydroxylation sites is 1. The maximum absolute atomic E-state index is 13.5. The standard InChI is InChI=1S/C29H36N4O4S.C2H6/c1-18-10-11-20(16-21(18)17-33-14-15-37-24-8-6-7-9-25(24)38(33)36)26(29(3,4)28(34)35)22-12-13-23(32(5)31)27(30)19(22)2;1-2/h6-13,16,26H,14-15,17,30-31H2,1-5H3,(H,34,35);1-2H3. The molecule has 0 saturated carbocycles. The third kappa shape index (κ3) is 6.16. The summed E-state index contributed by atoms with van der Waals surface area (Å²) in [5.41, 5.74) is 11.0. The molecule has 0 spiro atoms. The van der Waals surface area contributed by atoms with E-state index in [0.29, 0.717) is 41.7 Å². The summed E-state index contributed by atoms with van der Waals surface area (Å²) in [6, 6.07) is 17.2. The molecule has 1 aliphatic rings. The molecule has 216 valence electrons. The number of hydrogen-bond acceptors (Lipinski definition) is 6. The fourth-order valence-electron chi connectivity index (χ4n) is 5.02. The quantitative estimate of drug-likeness (QED) is 0.199. The van der Waals surface area contributed by atoms with Crippen LogP contribution in [0.4, 0.5) is 11.4 Å². The van der Waals surface area contributed by atoms with Crippen LogP contribution in [0.2, 0.25) is 0 Å². The van der Waals surface area contributed by atoms with Gasteiger partial charge in [0.05, 0.1) is 21.7 Å². The molecule has 2 atom stereocenters. The Balaban J connectivity index is 0.00000216. The average molecular weight is 567 g/mol. The number of benzene rings is 3. The van der Waals surface area contributed by atoms with Gasteiger partial charge in [-0.15, -0.1) is 0 Å². The fourth-order valence-corrected chi connectivity index (χ4v) is 6.29. The monoisotopic (exact) mass is 566 g/mol. The van der Waals surface area contributed by atoms with Gasteiger partial charge in [-0.05, 0) is 73.7 Å². The first-order valence-corrected chi connectivity index (χ1v) is 14.6. The number of hydrogen-bond donors (Lipinski definition) is 3. The lowest BCUT2D eigenvalue weighted by atomic mass is 9.69. The molecule has 0 bridgehead atoms. The van der Waals surface area contributed by atoms with Crippen molar-refractivity contribution < 1.29 is 18.8 Å². The number of anilines is 2. The third-order valence-electron chi connectivity index (χ3n) is 7.42. The Morgan fingerprint density at radius 1 is 1.15 bits per heavy atom. The van der Waals surface area contributed by atoms with Crippen LogP contribution in [0.5, 0.6) is 5.75 Å². The van der Waals surface area contributed by atoms with Crippen molar-refractivity contribution in [2.45, 2.75) is 58.9 Å². The lowest BCUT2D eigenvalue weighted by Gasteiger charge is -2.34. The van der Waals surface area contributed by atoms with Crippen molar-refractivity contribution in [1.29, 1.82) is 0 Å². The molecule has 2 unspecified atom stereocenters. The van der Waals surface area contributed by atoms with E-state index in [1.807, 2.05) is 86.6 Å². The van der Waals surface area contributed by atoms with Crippen molar-refractivity contribution in [3.63, 3.8) is 0 Å². The van der Waals surface area contributed by atoms with Crippen molar-refractivity contribution >= 4 is 28.3 Å². The number of aryl methyl sites for hydroxylation is 1. The normalized spacial score (nSPS) is 16.1. The molecule has 0 fully saturated rings. The molecule has 0 radical (unpaired) electrons. The van der Waals surface area contributed by atoms with E-state index in [4.69, 9.17) is 16.3 Å². The van der Waals surface area contributed by atoms with Crippen molar-refractivity contribution in [2.75, 3.05) is 30.9 Å². The summed E-state index contributed by atoms with van der Waals surface area (Å²) in [6.45, 7) is 12.7. The van der Waals surface area contributed by atoms with E-state index in [9.17, 15) is 14.1 Å². The van der Waals surface area contributed by atoms with Gasteiger partial charge < -0.3 is 20.6 Å². The number of nitrogen functional groups attached to an aromatic ring is 1. The van der Waals surface area contributed by atoms with Crippen LogP contribution in [0.3, 0.4) is 0 Å². The first-order chi connectivity index (χ1) is 18.9. The van der Waals surface area contributed by atoms with Crippen molar-refractivity contribution in [3.05, 3.63) is 82.4 Å². The maximum atomic E-state index is 13.5. The number of aliphatic carboxylic acids is 1. The Morgan fingerprint density at radius 3 is 2.48 bits per heavy atom. The van der Waals surface area contributed by atoms with Crippen molar-refractivity contribution in [1.82, 2.24) is 4.31 Å². The molecular weight excluding hydrogens is 524 g/mol. The molecule has 3 aromatic rings. The highest BCUT2D eigenvalue weighted by molar-refractivity contribution is 7.82. The SMILES string of the molecule is CC.Cc1ccc(C(c2ccc(N(C)N)c(N)c2C)C(C)(C)C(=O)O)cc1CN1CCOc2ccccc2S1=O. The number of carboxylic acid groups (broad SMARTS) is 1. The summed E-state index contributed by atoms with van der Waals surface area (Å²) in [5.74, 6) is 5.19. The van der Waals surface area contributed by atoms with E-state index in [0.717, 1.165) is 27.8 Å². The Kier molecular flexibility index (Phi) is 10.00. The second kappa shape index (κ2) is 12.8. The van der Waals surface area contributed by atoms with E-state index in [-0.39, 0.29) is 0 Å². The second-order valence-corrected chi connectivity index (χ2v) is 11.8. The molecule has 5 N–H and O–H groups in total. The highest BCUT2D eigenvalue weighted by Crippen LogP contribution is 2.45. The van der Waals surface area contributed by atoms with E-state index < -0.39 is 28.3 Å². The smallest absolute Gasteiger partial charge is 0.310 e. The Morgan fingerprint density at radius 2 is 1.82 bits per heavy atom. The Hall–Kier alpha value is -3.40. The highest BCUT2D eigenvalue weighted by atomic mass is 32.2. The first-order valence-electron chi connectivity index (χ1n) is 13.5. The molecule has 1 aliphatic heterocycles. The molecule has 9 heteroatoms. The Bertz CT molecular complexity index is 1390. The van der Waals surface area contributed by atoms with Gasteiger partial charge in [-0.2, -0.15) is 0 Å². The Labute approximate surface area is 240 Å². The number of rotatable bonds is 7. The molecule has 0 aromatic heterocycles. The summed E-state index contributed by atoms with van der Waals surface area (Å²) < 4.78 is 21.2.